The van der Waals surface area contributed by atoms with Crippen molar-refractivity contribution in [3.05, 3.63) is 28.2 Å². The predicted octanol–water partition coefficient (Wildman–Crippen LogP) is 2.45. The molecule has 1 rings (SSSR count). The molecule has 0 aliphatic rings. The summed E-state index contributed by atoms with van der Waals surface area (Å²) in [5.41, 5.74) is 1.31. The van der Waals surface area contributed by atoms with Crippen molar-refractivity contribution in [3.63, 3.8) is 0 Å². The van der Waals surface area contributed by atoms with Gasteiger partial charge in [-0.15, -0.1) is 0 Å². The van der Waals surface area contributed by atoms with Crippen LogP contribution in [0.4, 0.5) is 5.69 Å². The number of aryl methyl sites for hydroxylation is 1. The molecule has 0 aliphatic heterocycles. The number of ether oxygens (including phenoxy) is 1. The van der Waals surface area contributed by atoms with Gasteiger partial charge in [0.2, 0.25) is 10.0 Å². The van der Waals surface area contributed by atoms with Crippen LogP contribution in [0.3, 0.4) is 0 Å². The van der Waals surface area contributed by atoms with E-state index in [0.717, 1.165) is 10.0 Å². The second-order valence-electron chi connectivity index (χ2n) is 3.94. The molecule has 0 bridgehead atoms. The number of hydrogen-bond donors (Lipinski definition) is 1. The van der Waals surface area contributed by atoms with Crippen molar-refractivity contribution in [2.24, 2.45) is 0 Å². The van der Waals surface area contributed by atoms with Crippen LogP contribution >= 0.6 is 15.9 Å². The first-order valence-electron chi connectivity index (χ1n) is 5.76. The van der Waals surface area contributed by atoms with Gasteiger partial charge in [0, 0.05) is 4.47 Å². The summed E-state index contributed by atoms with van der Waals surface area (Å²) < 4.78 is 31.6. The molecule has 0 radical (unpaired) electrons. The van der Waals surface area contributed by atoms with Gasteiger partial charge < -0.3 is 4.74 Å². The Labute approximate surface area is 121 Å². The molecule has 0 aromatic heterocycles. The molecule has 0 unspecified atom stereocenters. The van der Waals surface area contributed by atoms with Gasteiger partial charge in [0.15, 0.2) is 0 Å². The Morgan fingerprint density at radius 2 is 2.11 bits per heavy atom. The molecule has 7 heteroatoms. The van der Waals surface area contributed by atoms with Crippen molar-refractivity contribution in [2.75, 3.05) is 17.1 Å². The van der Waals surface area contributed by atoms with Gasteiger partial charge in [0.05, 0.1) is 24.5 Å². The van der Waals surface area contributed by atoms with E-state index >= 15 is 0 Å². The number of halogens is 1. The number of carbonyl (C=O) groups is 1. The van der Waals surface area contributed by atoms with Crippen molar-refractivity contribution >= 4 is 37.6 Å². The zero-order chi connectivity index (χ0) is 14.5. The lowest BCUT2D eigenvalue weighted by molar-refractivity contribution is -0.142. The van der Waals surface area contributed by atoms with Crippen LogP contribution in [0.15, 0.2) is 22.7 Å². The summed E-state index contributed by atoms with van der Waals surface area (Å²) in [6.45, 7) is 3.72. The molecule has 0 amide bonds. The minimum absolute atomic E-state index is 0.157. The second kappa shape index (κ2) is 6.91. The fourth-order valence-corrected chi connectivity index (χ4v) is 2.83. The second-order valence-corrected chi connectivity index (χ2v) is 6.69. The lowest BCUT2D eigenvalue weighted by Gasteiger charge is -2.10. The van der Waals surface area contributed by atoms with Crippen molar-refractivity contribution in [1.82, 2.24) is 0 Å². The van der Waals surface area contributed by atoms with Gasteiger partial charge in [-0.3, -0.25) is 9.52 Å². The van der Waals surface area contributed by atoms with Crippen molar-refractivity contribution in [1.29, 1.82) is 0 Å². The SMILES string of the molecule is CCOC(=O)CCS(=O)(=O)Nc1cc(Br)ccc1C. The highest BCUT2D eigenvalue weighted by Crippen LogP contribution is 2.21. The van der Waals surface area contributed by atoms with Crippen LogP contribution in [0.25, 0.3) is 0 Å². The Balaban J connectivity index is 2.69. The molecule has 5 nitrogen and oxygen atoms in total. The summed E-state index contributed by atoms with van der Waals surface area (Å²) in [7, 11) is -3.56. The number of esters is 1. The van der Waals surface area contributed by atoms with Crippen molar-refractivity contribution in [2.45, 2.75) is 20.3 Å². The Bertz CT molecular complexity index is 557. The van der Waals surface area contributed by atoms with Crippen LogP contribution in [0.2, 0.25) is 0 Å². The van der Waals surface area contributed by atoms with Gasteiger partial charge in [-0.2, -0.15) is 0 Å². The molecular formula is C12H16BrNO4S. The summed E-state index contributed by atoms with van der Waals surface area (Å²) in [6, 6.07) is 5.30. The van der Waals surface area contributed by atoms with Crippen LogP contribution in [-0.4, -0.2) is 26.7 Å². The quantitative estimate of drug-likeness (QED) is 0.800. The molecule has 0 heterocycles. The number of sulfonamides is 1. The molecule has 0 saturated heterocycles. The summed E-state index contributed by atoms with van der Waals surface area (Å²) in [5.74, 6) is -0.809. The molecule has 0 saturated carbocycles. The van der Waals surface area contributed by atoms with E-state index < -0.39 is 16.0 Å². The molecule has 106 valence electrons. The van der Waals surface area contributed by atoms with E-state index in [1.54, 1.807) is 26.0 Å². The van der Waals surface area contributed by atoms with Crippen LogP contribution in [0.5, 0.6) is 0 Å². The standard InChI is InChI=1S/C12H16BrNO4S/c1-3-18-12(15)6-7-19(16,17)14-11-8-10(13)5-4-9(11)2/h4-5,8,14H,3,6-7H2,1-2H3. The smallest absolute Gasteiger partial charge is 0.306 e. The minimum Gasteiger partial charge on any atom is -0.466 e. The molecular weight excluding hydrogens is 334 g/mol. The van der Waals surface area contributed by atoms with E-state index in [1.165, 1.54) is 0 Å². The monoisotopic (exact) mass is 349 g/mol. The number of nitrogens with one attached hydrogen (secondary N) is 1. The molecule has 19 heavy (non-hydrogen) atoms. The molecule has 1 N–H and O–H groups in total. The summed E-state index contributed by atoms with van der Waals surface area (Å²) >= 11 is 3.28. The van der Waals surface area contributed by atoms with Crippen LogP contribution in [0, 0.1) is 6.92 Å². The maximum Gasteiger partial charge on any atom is 0.306 e. The Kier molecular flexibility index (Phi) is 5.81. The van der Waals surface area contributed by atoms with E-state index in [2.05, 4.69) is 20.7 Å². The molecule has 1 aromatic carbocycles. The van der Waals surface area contributed by atoms with Crippen LogP contribution in [-0.2, 0) is 19.6 Å². The average molecular weight is 350 g/mol. The first-order chi connectivity index (χ1) is 8.84. The van der Waals surface area contributed by atoms with E-state index in [4.69, 9.17) is 4.74 Å². The average Bonchev–Trinajstić information content (AvgIpc) is 2.32. The van der Waals surface area contributed by atoms with Crippen LogP contribution < -0.4 is 4.72 Å². The third-order valence-electron chi connectivity index (χ3n) is 2.35. The van der Waals surface area contributed by atoms with E-state index in [9.17, 15) is 13.2 Å². The molecule has 0 atom stereocenters. The molecule has 0 spiro atoms. The van der Waals surface area contributed by atoms with Gasteiger partial charge in [0.1, 0.15) is 0 Å². The minimum atomic E-state index is -3.56. The fraction of sp³-hybridized carbons (Fsp3) is 0.417. The van der Waals surface area contributed by atoms with Crippen molar-refractivity contribution in [3.8, 4) is 0 Å². The summed E-state index contributed by atoms with van der Waals surface area (Å²) in [4.78, 5) is 11.1. The van der Waals surface area contributed by atoms with Gasteiger partial charge >= 0.3 is 5.97 Å². The number of carbonyl (C=O) groups excluding carboxylic acids is 1. The van der Waals surface area contributed by atoms with E-state index in [-0.39, 0.29) is 18.8 Å². The first kappa shape index (κ1) is 16.0. The number of rotatable bonds is 6. The maximum absolute atomic E-state index is 11.8. The normalized spacial score (nSPS) is 11.1. The van der Waals surface area contributed by atoms with E-state index in [1.807, 2.05) is 6.07 Å². The zero-order valence-electron chi connectivity index (χ0n) is 10.8. The maximum atomic E-state index is 11.8. The van der Waals surface area contributed by atoms with Gasteiger partial charge in [-0.05, 0) is 31.5 Å². The third-order valence-corrected chi connectivity index (χ3v) is 4.11. The number of benzene rings is 1. The molecule has 0 aliphatic carbocycles. The Morgan fingerprint density at radius 1 is 1.42 bits per heavy atom. The highest BCUT2D eigenvalue weighted by Gasteiger charge is 2.15. The van der Waals surface area contributed by atoms with Crippen LogP contribution in [0.1, 0.15) is 18.9 Å². The number of hydrogen-bond acceptors (Lipinski definition) is 4. The Morgan fingerprint density at radius 3 is 2.74 bits per heavy atom. The topological polar surface area (TPSA) is 72.5 Å². The molecule has 0 fully saturated rings. The van der Waals surface area contributed by atoms with Gasteiger partial charge in [-0.1, -0.05) is 22.0 Å². The van der Waals surface area contributed by atoms with Gasteiger partial charge in [0.25, 0.3) is 0 Å². The summed E-state index contributed by atoms with van der Waals surface area (Å²) in [6.07, 6.45) is -0.157. The zero-order valence-corrected chi connectivity index (χ0v) is 13.2. The summed E-state index contributed by atoms with van der Waals surface area (Å²) in [5, 5.41) is 0. The van der Waals surface area contributed by atoms with E-state index in [0.29, 0.717) is 5.69 Å². The Hall–Kier alpha value is -1.08. The van der Waals surface area contributed by atoms with Crippen molar-refractivity contribution < 1.29 is 17.9 Å². The largest absolute Gasteiger partial charge is 0.466 e. The predicted molar refractivity (Wildman–Crippen MR) is 77.5 cm³/mol. The third kappa shape index (κ3) is 5.61. The lowest BCUT2D eigenvalue weighted by atomic mass is 10.2. The number of anilines is 1. The highest BCUT2D eigenvalue weighted by atomic mass is 79.9. The van der Waals surface area contributed by atoms with Gasteiger partial charge in [-0.25, -0.2) is 8.42 Å². The lowest BCUT2D eigenvalue weighted by Crippen LogP contribution is -2.20. The highest BCUT2D eigenvalue weighted by molar-refractivity contribution is 9.10. The first-order valence-corrected chi connectivity index (χ1v) is 8.21. The molecule has 1 aromatic rings. The fourth-order valence-electron chi connectivity index (χ4n) is 1.37.